The predicted molar refractivity (Wildman–Crippen MR) is 612 cm³/mol. The smallest absolute Gasteiger partial charge is 0.319 e. The summed E-state index contributed by atoms with van der Waals surface area (Å²) >= 11 is 25.8. The van der Waals surface area contributed by atoms with Crippen LogP contribution in [0.2, 0.25) is 20.1 Å². The second kappa shape index (κ2) is 57.6. The number of carbonyl (C=O) groups is 3. The molecule has 3 aliphatic carbocycles. The number of piperidine rings is 3. The number of piperazine rings is 4. The predicted octanol–water partition coefficient (Wildman–Crippen LogP) is 26.6. The summed E-state index contributed by atoms with van der Waals surface area (Å²) in [5.41, 5.74) is 18.5. The molecule has 18 rings (SSSR count). The zero-order chi connectivity index (χ0) is 103. The van der Waals surface area contributed by atoms with Gasteiger partial charge in [0, 0.05) is 209 Å². The van der Waals surface area contributed by atoms with Crippen LogP contribution in [0.15, 0.2) is 146 Å². The number of rotatable bonds is 24. The van der Waals surface area contributed by atoms with Crippen LogP contribution >= 0.6 is 46.4 Å². The van der Waals surface area contributed by atoms with Gasteiger partial charge in [-0.25, -0.2) is 9.59 Å². The van der Waals surface area contributed by atoms with Gasteiger partial charge in [0.25, 0.3) is 0 Å². The highest BCUT2D eigenvalue weighted by molar-refractivity contribution is 6.34. The molecule has 11 aliphatic rings. The number of halogens is 4. The SMILES string of the molecule is CC(C)c1ccc(C2CCN(C(=O)C3CCCC3)CC2)cc1.CC(C)c1ccc(C2CCN(C(=O)N(C)C)CC2)cc1.CC(C)c1ccc(C2CCN(C(=O)N3CCCC3)CC2)cc1.CC(C)c1ccc(N2CCN(C3CC3)CC2)c(Cl)c1.CC(C)c1ccc(N2CCN(CCN(C)C3CC3)CC2)c(Cl)c1.CC(C)c1ccc(N2CCN(CCO)CC2)c(Cl)c1.CCCN1CCN(c2ccc(C(C)C)cc2Cl)CC1. The minimum atomic E-state index is 0.138. The maximum Gasteiger partial charge on any atom is 0.319 e. The van der Waals surface area contributed by atoms with Crippen molar-refractivity contribution < 1.29 is 19.5 Å². The quantitative estimate of drug-likeness (QED) is 0.0619. The van der Waals surface area contributed by atoms with Crippen molar-refractivity contribution in [2.24, 2.45) is 5.92 Å². The summed E-state index contributed by atoms with van der Waals surface area (Å²) in [5.74, 6) is 6.51. The molecule has 0 atom stereocenters. The van der Waals surface area contributed by atoms with Crippen LogP contribution in [0.4, 0.5) is 32.3 Å². The number of β-amino-alcohol motifs (C(OH)–C–C–N with tert-alkyl or cyclic N) is 1. The Kier molecular flexibility index (Phi) is 46.1. The van der Waals surface area contributed by atoms with Crippen molar-refractivity contribution in [2.75, 3.05) is 231 Å². The summed E-state index contributed by atoms with van der Waals surface area (Å²) in [4.78, 5) is 68.8. The summed E-state index contributed by atoms with van der Waals surface area (Å²) in [7, 11) is 5.90. The lowest BCUT2D eigenvalue weighted by molar-refractivity contribution is -0.136. The number of aliphatic hydroxyl groups is 1. The third-order valence-corrected chi connectivity index (χ3v) is 33.5. The van der Waals surface area contributed by atoms with Crippen molar-refractivity contribution in [1.82, 2.24) is 49.0 Å². The fourth-order valence-corrected chi connectivity index (χ4v) is 23.2. The summed E-state index contributed by atoms with van der Waals surface area (Å²) < 4.78 is 0. The summed E-state index contributed by atoms with van der Waals surface area (Å²) in [6.07, 6.45) is 20.5. The van der Waals surface area contributed by atoms with Gasteiger partial charge in [-0.2, -0.15) is 0 Å². The Labute approximate surface area is 891 Å². The summed E-state index contributed by atoms with van der Waals surface area (Å²) in [6, 6.07) is 55.5. The number of urea groups is 2. The molecule has 8 aliphatic heterocycles. The number of hydrogen-bond donors (Lipinski definition) is 1. The largest absolute Gasteiger partial charge is 0.395 e. The molecule has 8 saturated heterocycles. The van der Waals surface area contributed by atoms with Crippen molar-refractivity contribution in [3.63, 3.8) is 0 Å². The van der Waals surface area contributed by atoms with E-state index in [9.17, 15) is 14.4 Å². The first kappa shape index (κ1) is 115. The van der Waals surface area contributed by atoms with Gasteiger partial charge < -0.3 is 54.1 Å². The van der Waals surface area contributed by atoms with Crippen LogP contribution in [0.5, 0.6) is 0 Å². The maximum absolute atomic E-state index is 12.5. The topological polar surface area (TPSA) is 117 Å². The van der Waals surface area contributed by atoms with Crippen LogP contribution in [-0.4, -0.2) is 295 Å². The van der Waals surface area contributed by atoms with Crippen LogP contribution in [-0.2, 0) is 4.79 Å². The van der Waals surface area contributed by atoms with E-state index in [0.717, 1.165) is 240 Å². The Morgan fingerprint density at radius 1 is 0.319 bits per heavy atom. The van der Waals surface area contributed by atoms with Gasteiger partial charge in [-0.05, 0) is 273 Å². The molecule has 18 nitrogen and oxygen atoms in total. The lowest BCUT2D eigenvalue weighted by Gasteiger charge is -2.37. The minimum Gasteiger partial charge on any atom is -0.395 e. The molecule has 8 heterocycles. The Morgan fingerprint density at radius 2 is 0.611 bits per heavy atom. The van der Waals surface area contributed by atoms with Gasteiger partial charge in [-0.1, -0.05) is 260 Å². The number of amides is 5. The highest BCUT2D eigenvalue weighted by Gasteiger charge is 2.36. The molecule has 0 unspecified atom stereocenters. The summed E-state index contributed by atoms with van der Waals surface area (Å²) in [6.45, 7) is 62.6. The number of hydrogen-bond acceptors (Lipinski definition) is 13. The second-order valence-electron chi connectivity index (χ2n) is 45.4. The van der Waals surface area contributed by atoms with Gasteiger partial charge in [-0.15, -0.1) is 0 Å². The first-order valence-corrected chi connectivity index (χ1v) is 57.7. The Morgan fingerprint density at radius 3 is 0.903 bits per heavy atom. The number of aliphatic hydroxyl groups excluding tert-OH is 1. The van der Waals surface area contributed by atoms with Crippen LogP contribution in [0, 0.1) is 5.92 Å². The van der Waals surface area contributed by atoms with Crippen molar-refractivity contribution in [1.29, 1.82) is 0 Å². The second-order valence-corrected chi connectivity index (χ2v) is 47.0. The monoisotopic (exact) mass is 2050 g/mol. The van der Waals surface area contributed by atoms with E-state index < -0.39 is 0 Å². The highest BCUT2D eigenvalue weighted by atomic mass is 35.5. The first-order chi connectivity index (χ1) is 69.2. The van der Waals surface area contributed by atoms with E-state index in [-0.39, 0.29) is 18.7 Å². The Balaban J connectivity index is 0.000000150. The fraction of sp³-hybridized carbons (Fsp3) is 0.631. The van der Waals surface area contributed by atoms with Crippen LogP contribution < -0.4 is 19.6 Å². The molecule has 7 aromatic rings. The van der Waals surface area contributed by atoms with E-state index in [1.54, 1.807) is 4.90 Å². The number of benzene rings is 7. The number of likely N-dealkylation sites (tertiary alicyclic amines) is 4. The van der Waals surface area contributed by atoms with E-state index >= 15 is 0 Å². The van der Waals surface area contributed by atoms with Crippen LogP contribution in [0.1, 0.15) is 328 Å². The minimum absolute atomic E-state index is 0.138. The van der Waals surface area contributed by atoms with Gasteiger partial charge in [0.1, 0.15) is 0 Å². The molecule has 11 fully saturated rings. The van der Waals surface area contributed by atoms with E-state index in [1.807, 2.05) is 23.9 Å². The molecule has 1 N–H and O–H groups in total. The molecule has 0 aromatic heterocycles. The molecule has 22 heteroatoms. The number of anilines is 4. The van der Waals surface area contributed by atoms with Crippen molar-refractivity contribution >= 4 is 87.1 Å². The lowest BCUT2D eigenvalue weighted by Crippen LogP contribution is -2.48. The van der Waals surface area contributed by atoms with Crippen molar-refractivity contribution in [3.05, 3.63) is 221 Å². The number of carbonyl (C=O) groups excluding carboxylic acids is 3. The van der Waals surface area contributed by atoms with Gasteiger partial charge in [0.15, 0.2) is 0 Å². The molecule has 5 amide bonds. The van der Waals surface area contributed by atoms with Gasteiger partial charge in [-0.3, -0.25) is 24.4 Å². The molecule has 0 spiro atoms. The van der Waals surface area contributed by atoms with E-state index in [2.05, 4.69) is 310 Å². The lowest BCUT2D eigenvalue weighted by atomic mass is 9.87. The molecule has 7 aromatic carbocycles. The fourth-order valence-electron chi connectivity index (χ4n) is 21.9. The molecule has 0 radical (unpaired) electrons. The van der Waals surface area contributed by atoms with Crippen molar-refractivity contribution in [3.8, 4) is 0 Å². The zero-order valence-corrected chi connectivity index (χ0v) is 94.9. The molecule has 0 bridgehead atoms. The molecule has 3 saturated carbocycles. The third kappa shape index (κ3) is 34.6. The molecular formula is C122H184Cl4N14O4. The number of likely N-dealkylation sites (N-methyl/N-ethyl adjacent to an activating group) is 1. The van der Waals surface area contributed by atoms with Gasteiger partial charge in [0.05, 0.1) is 49.4 Å². The van der Waals surface area contributed by atoms with E-state index in [0.29, 0.717) is 71.0 Å². The third-order valence-electron chi connectivity index (χ3n) is 32.3. The maximum atomic E-state index is 12.5. The number of nitrogens with zero attached hydrogens (tertiary/aromatic N) is 14. The van der Waals surface area contributed by atoms with Crippen LogP contribution in [0.3, 0.4) is 0 Å². The van der Waals surface area contributed by atoms with Gasteiger partial charge in [0.2, 0.25) is 5.91 Å². The molecule has 794 valence electrons. The Bertz CT molecular complexity index is 4780. The highest BCUT2D eigenvalue weighted by Crippen LogP contribution is 2.40. The summed E-state index contributed by atoms with van der Waals surface area (Å²) in [5, 5.41) is 12.5. The molecule has 144 heavy (non-hydrogen) atoms. The standard InChI is InChI=1S/C20H29NO.C19H30ClN3.C19H28N2O.C17H26N2O.C16H23ClN2.C16H25ClN2.C15H23ClN2O/c1-15(2)16-7-9-17(10-8-16)18-11-13-21(14-12-18)20(22)19-5-3-4-6-19;1-15(2)16-4-7-19(18(20)14-16)23-12-10-22(11-13-23)9-8-21(3)17-5-6-17;1-15(2)16-5-7-17(8-6-16)18-9-13-21(14-10-18)19(22)20-11-3-4-12-20;1-13(2)14-5-7-15(8-6-14)16-9-11-19(12-10-16)17(20)18(3)4;1-12(2)13-3-6-16(15(17)11-13)19-9-7-18(8-10-19)14-4-5-14;1-4-7-18-8-10-19(11-9-18)16-6-5-14(13(2)3)12-15(16)17;1-12(2)13-3-4-15(14(16)11-13)18-7-5-17(6-8-18)9-10-19/h7-10,15,18-19H,3-6,11-14H2,1-2H3;4,7,14-15,17H,5-6,8-13H2,1-3H3;5-8,15,18H,3-4,9-14H2,1-2H3;5-8,13,16H,9-12H2,1-4H3;3,6,11-12,14H,4-5,7-10H2,1-2H3;5-6,12-13H,4,7-11H2,1-3H3;3-4,11-12,19H,5-10H2,1-2H3. The van der Waals surface area contributed by atoms with E-state index in [1.165, 1.54) is 163 Å². The van der Waals surface area contributed by atoms with Crippen molar-refractivity contribution in [2.45, 2.75) is 284 Å². The zero-order valence-electron chi connectivity index (χ0n) is 91.8. The van der Waals surface area contributed by atoms with E-state index in [4.69, 9.17) is 51.5 Å². The average molecular weight is 2050 g/mol. The Hall–Kier alpha value is -7.33. The first-order valence-electron chi connectivity index (χ1n) is 56.2. The normalized spacial score (nSPS) is 19.0. The average Bonchev–Trinajstić information content (AvgIpc) is 1.55. The van der Waals surface area contributed by atoms with Gasteiger partial charge >= 0.3 is 12.1 Å². The molecular weight excluding hydrogens is 1870 g/mol. The van der Waals surface area contributed by atoms with Crippen LogP contribution in [0.25, 0.3) is 0 Å².